The van der Waals surface area contributed by atoms with E-state index in [0.29, 0.717) is 0 Å². The summed E-state index contributed by atoms with van der Waals surface area (Å²) in [4.78, 5) is 5.98. The van der Waals surface area contributed by atoms with Gasteiger partial charge in [0.2, 0.25) is 0 Å². The SMILES string of the molecule is CCCCCCCCCCCCc1c(-c2cccs2)sc2cc3c(CCCCCCCCCCCC)c(-c4cccs4)sc3cc12. The van der Waals surface area contributed by atoms with Gasteiger partial charge in [0.1, 0.15) is 0 Å². The molecule has 46 heavy (non-hydrogen) atoms. The van der Waals surface area contributed by atoms with Gasteiger partial charge in [-0.25, -0.2) is 0 Å². The summed E-state index contributed by atoms with van der Waals surface area (Å²) in [7, 11) is 0. The molecule has 0 nitrogen and oxygen atoms in total. The van der Waals surface area contributed by atoms with Crippen LogP contribution in [-0.2, 0) is 12.8 Å². The van der Waals surface area contributed by atoms with Crippen LogP contribution in [0.1, 0.15) is 153 Å². The summed E-state index contributed by atoms with van der Waals surface area (Å²) in [6, 6.07) is 14.3. The van der Waals surface area contributed by atoms with Gasteiger partial charge >= 0.3 is 0 Å². The molecule has 4 aromatic heterocycles. The van der Waals surface area contributed by atoms with Gasteiger partial charge in [-0.1, -0.05) is 142 Å². The minimum atomic E-state index is 1.21. The molecule has 0 unspecified atom stereocenters. The lowest BCUT2D eigenvalue weighted by molar-refractivity contribution is 0.556. The average Bonchev–Trinajstić information content (AvgIpc) is 3.89. The van der Waals surface area contributed by atoms with Crippen LogP contribution in [0, 0.1) is 0 Å². The molecule has 5 rings (SSSR count). The van der Waals surface area contributed by atoms with E-state index in [4.69, 9.17) is 0 Å². The Balaban J connectivity index is 1.27. The summed E-state index contributed by atoms with van der Waals surface area (Å²) in [6.07, 6.45) is 30.4. The van der Waals surface area contributed by atoms with Crippen LogP contribution in [0.25, 0.3) is 39.7 Å². The molecule has 0 N–H and O–H groups in total. The minimum absolute atomic E-state index is 1.21. The fraction of sp³-hybridized carbons (Fsp3) is 0.571. The van der Waals surface area contributed by atoms with Crippen molar-refractivity contribution in [2.45, 2.75) is 155 Å². The van der Waals surface area contributed by atoms with Gasteiger partial charge < -0.3 is 0 Å². The molecule has 0 aliphatic rings. The molecular weight excluding hydrogens is 633 g/mol. The molecule has 1 aromatic carbocycles. The molecular formula is C42H58S4. The van der Waals surface area contributed by atoms with Crippen LogP contribution in [0.2, 0.25) is 0 Å². The van der Waals surface area contributed by atoms with Crippen LogP contribution in [0.3, 0.4) is 0 Å². The highest BCUT2D eigenvalue weighted by molar-refractivity contribution is 7.27. The summed E-state index contributed by atoms with van der Waals surface area (Å²) < 4.78 is 3.00. The van der Waals surface area contributed by atoms with E-state index in [-0.39, 0.29) is 0 Å². The van der Waals surface area contributed by atoms with Crippen molar-refractivity contribution in [2.24, 2.45) is 0 Å². The molecule has 0 bridgehead atoms. The molecule has 0 saturated heterocycles. The first kappa shape index (κ1) is 35.8. The maximum Gasteiger partial charge on any atom is 0.0487 e. The Morgan fingerprint density at radius 3 is 1.11 bits per heavy atom. The molecule has 0 fully saturated rings. The van der Waals surface area contributed by atoms with Gasteiger partial charge in [0.15, 0.2) is 0 Å². The zero-order valence-corrected chi connectivity index (χ0v) is 32.1. The topological polar surface area (TPSA) is 0 Å². The predicted octanol–water partition coefficient (Wildman–Crippen LogP) is 16.5. The third-order valence-corrected chi connectivity index (χ3v) is 14.2. The Morgan fingerprint density at radius 1 is 0.435 bits per heavy atom. The monoisotopic (exact) mass is 690 g/mol. The first-order valence-electron chi connectivity index (χ1n) is 18.9. The average molecular weight is 691 g/mol. The lowest BCUT2D eigenvalue weighted by Gasteiger charge is -2.06. The first-order valence-corrected chi connectivity index (χ1v) is 22.3. The number of hydrogen-bond donors (Lipinski definition) is 0. The van der Waals surface area contributed by atoms with Crippen molar-refractivity contribution in [1.82, 2.24) is 0 Å². The van der Waals surface area contributed by atoms with Crippen molar-refractivity contribution >= 4 is 65.5 Å². The van der Waals surface area contributed by atoms with E-state index in [2.05, 4.69) is 83.7 Å². The van der Waals surface area contributed by atoms with Crippen LogP contribution < -0.4 is 0 Å². The fourth-order valence-corrected chi connectivity index (χ4v) is 11.4. The standard InChI is InChI=1S/C42H58S4/c1-3-5-7-9-11-13-15-17-19-21-25-33-35-31-40-36(32-39(35)45-41(33)37-27-23-29-43-37)34(42(46-40)38-28-24-30-44-38)26-22-20-18-16-14-12-10-8-6-4-2/h23-24,27-32H,3-22,25-26H2,1-2H3. The van der Waals surface area contributed by atoms with Gasteiger partial charge in [0.05, 0.1) is 0 Å². The molecule has 0 saturated carbocycles. The Bertz CT molecular complexity index is 1400. The van der Waals surface area contributed by atoms with Gasteiger partial charge in [-0.3, -0.25) is 0 Å². The van der Waals surface area contributed by atoms with Gasteiger partial charge in [0, 0.05) is 28.9 Å². The minimum Gasteiger partial charge on any atom is -0.143 e. The van der Waals surface area contributed by atoms with Gasteiger partial charge in [-0.2, -0.15) is 0 Å². The Hall–Kier alpha value is -1.46. The van der Waals surface area contributed by atoms with Crippen molar-refractivity contribution in [3.63, 3.8) is 0 Å². The first-order chi connectivity index (χ1) is 22.8. The zero-order chi connectivity index (χ0) is 31.8. The molecule has 0 spiro atoms. The van der Waals surface area contributed by atoms with E-state index in [9.17, 15) is 0 Å². The molecule has 0 aliphatic heterocycles. The lowest BCUT2D eigenvalue weighted by Crippen LogP contribution is -1.89. The van der Waals surface area contributed by atoms with E-state index < -0.39 is 0 Å². The van der Waals surface area contributed by atoms with Crippen LogP contribution in [-0.4, -0.2) is 0 Å². The van der Waals surface area contributed by atoms with E-state index in [1.165, 1.54) is 181 Å². The van der Waals surface area contributed by atoms with Crippen molar-refractivity contribution in [3.05, 3.63) is 58.3 Å². The predicted molar refractivity (Wildman–Crippen MR) is 215 cm³/mol. The van der Waals surface area contributed by atoms with Gasteiger partial charge in [0.25, 0.3) is 0 Å². The maximum atomic E-state index is 2.59. The second-order valence-corrected chi connectivity index (χ2v) is 17.5. The van der Waals surface area contributed by atoms with E-state index in [1.54, 1.807) is 11.1 Å². The Labute approximate surface area is 296 Å². The normalized spacial score (nSPS) is 11.9. The quantitative estimate of drug-likeness (QED) is 0.0565. The summed E-state index contributed by atoms with van der Waals surface area (Å²) in [5, 5.41) is 7.56. The molecule has 250 valence electrons. The smallest absolute Gasteiger partial charge is 0.0487 e. The molecule has 0 atom stereocenters. The van der Waals surface area contributed by atoms with Crippen molar-refractivity contribution in [1.29, 1.82) is 0 Å². The number of hydrogen-bond acceptors (Lipinski definition) is 4. The summed E-state index contributed by atoms with van der Waals surface area (Å²) in [5.74, 6) is 0. The highest BCUT2D eigenvalue weighted by Crippen LogP contribution is 2.47. The van der Waals surface area contributed by atoms with Crippen LogP contribution in [0.15, 0.2) is 47.2 Å². The van der Waals surface area contributed by atoms with Gasteiger partial charge in [-0.15, -0.1) is 45.3 Å². The zero-order valence-electron chi connectivity index (χ0n) is 28.8. The van der Waals surface area contributed by atoms with E-state index in [0.717, 1.165) is 0 Å². The highest BCUT2D eigenvalue weighted by atomic mass is 32.1. The lowest BCUT2D eigenvalue weighted by atomic mass is 9.98. The van der Waals surface area contributed by atoms with Crippen molar-refractivity contribution in [3.8, 4) is 19.5 Å². The number of unbranched alkanes of at least 4 members (excludes halogenated alkanes) is 18. The van der Waals surface area contributed by atoms with Crippen LogP contribution >= 0.6 is 45.3 Å². The molecule has 4 heteroatoms. The molecule has 0 radical (unpaired) electrons. The number of thiophene rings is 4. The largest absolute Gasteiger partial charge is 0.143 e. The van der Waals surface area contributed by atoms with E-state index >= 15 is 0 Å². The molecule has 5 aromatic rings. The highest BCUT2D eigenvalue weighted by Gasteiger charge is 2.20. The third kappa shape index (κ3) is 10.3. The number of rotatable bonds is 24. The maximum absolute atomic E-state index is 2.59. The van der Waals surface area contributed by atoms with E-state index in [1.807, 2.05) is 22.7 Å². The fourth-order valence-electron chi connectivity index (χ4n) is 7.08. The number of aryl methyl sites for hydroxylation is 2. The second-order valence-electron chi connectivity index (χ2n) is 13.5. The molecule has 0 aliphatic carbocycles. The summed E-state index contributed by atoms with van der Waals surface area (Å²) in [6.45, 7) is 4.62. The van der Waals surface area contributed by atoms with Gasteiger partial charge in [-0.05, 0) is 82.6 Å². The summed E-state index contributed by atoms with van der Waals surface area (Å²) >= 11 is 7.93. The number of fused-ring (bicyclic) bond motifs is 2. The van der Waals surface area contributed by atoms with Crippen LogP contribution in [0.4, 0.5) is 0 Å². The molecule has 0 amide bonds. The second kappa shape index (κ2) is 20.1. The summed E-state index contributed by atoms with van der Waals surface area (Å²) in [5.41, 5.74) is 3.23. The number of benzene rings is 1. The van der Waals surface area contributed by atoms with Crippen LogP contribution in [0.5, 0.6) is 0 Å². The Kier molecular flexibility index (Phi) is 15.7. The van der Waals surface area contributed by atoms with Crippen molar-refractivity contribution < 1.29 is 0 Å². The van der Waals surface area contributed by atoms with Crippen molar-refractivity contribution in [2.75, 3.05) is 0 Å². The molecule has 4 heterocycles. The Morgan fingerprint density at radius 2 is 0.783 bits per heavy atom. The third-order valence-electron chi connectivity index (χ3n) is 9.75.